The lowest BCUT2D eigenvalue weighted by molar-refractivity contribution is 0.187. The Morgan fingerprint density at radius 1 is 0.842 bits per heavy atom. The monoisotopic (exact) mass is 292 g/mol. The van der Waals surface area contributed by atoms with Crippen molar-refractivity contribution in [3.63, 3.8) is 0 Å². The number of phosphoric acid groups is 1. The van der Waals surface area contributed by atoms with Crippen LogP contribution in [0.25, 0.3) is 0 Å². The molecule has 4 nitrogen and oxygen atoms in total. The van der Waals surface area contributed by atoms with Gasteiger partial charge in [0.1, 0.15) is 0 Å². The molecule has 0 amide bonds. The summed E-state index contributed by atoms with van der Waals surface area (Å²) in [5.41, 5.74) is 0. The van der Waals surface area contributed by atoms with Crippen molar-refractivity contribution in [2.24, 2.45) is 0 Å². The van der Waals surface area contributed by atoms with Gasteiger partial charge >= 0.3 is 7.82 Å². The Labute approximate surface area is 117 Å². The molecular weight excluding hydrogens is 263 g/mol. The van der Waals surface area contributed by atoms with E-state index >= 15 is 0 Å². The smallest absolute Gasteiger partial charge is 0.287 e. The van der Waals surface area contributed by atoms with Gasteiger partial charge in [-0.25, -0.2) is 4.57 Å². The van der Waals surface area contributed by atoms with Crippen LogP contribution in [0, 0.1) is 0 Å². The Hall–Kier alpha value is 0.110. The van der Waals surface area contributed by atoms with Gasteiger partial charge in [0, 0.05) is 0 Å². The van der Waals surface area contributed by atoms with Crippen molar-refractivity contribution in [2.75, 3.05) is 19.8 Å². The van der Waals surface area contributed by atoms with Gasteiger partial charge in [0.05, 0.1) is 19.8 Å². The number of unbranched alkanes of at least 4 members (excludes halogenated alkanes) is 9. The summed E-state index contributed by atoms with van der Waals surface area (Å²) in [6.45, 7) is 3.50. The molecule has 1 aliphatic heterocycles. The van der Waals surface area contributed by atoms with E-state index in [1.54, 1.807) is 0 Å². The van der Waals surface area contributed by atoms with E-state index < -0.39 is 7.82 Å². The van der Waals surface area contributed by atoms with Crippen LogP contribution >= 0.6 is 7.82 Å². The molecule has 0 atom stereocenters. The second kappa shape index (κ2) is 10.8. The van der Waals surface area contributed by atoms with Gasteiger partial charge in [-0.3, -0.25) is 13.6 Å². The molecule has 1 rings (SSSR count). The molecule has 5 heteroatoms. The second-order valence-corrected chi connectivity index (χ2v) is 6.80. The summed E-state index contributed by atoms with van der Waals surface area (Å²) in [6, 6.07) is 0. The molecule has 0 unspecified atom stereocenters. The maximum atomic E-state index is 11.6. The summed E-state index contributed by atoms with van der Waals surface area (Å²) < 4.78 is 26.7. The van der Waals surface area contributed by atoms with E-state index in [-0.39, 0.29) is 0 Å². The van der Waals surface area contributed by atoms with Crippen LogP contribution in [0.5, 0.6) is 0 Å². The molecule has 0 aromatic rings. The van der Waals surface area contributed by atoms with Crippen LogP contribution in [0.4, 0.5) is 0 Å². The first-order valence-electron chi connectivity index (χ1n) is 7.80. The Morgan fingerprint density at radius 3 is 1.84 bits per heavy atom. The molecule has 0 aromatic carbocycles. The van der Waals surface area contributed by atoms with E-state index in [0.29, 0.717) is 19.8 Å². The van der Waals surface area contributed by atoms with Crippen LogP contribution in [0.15, 0.2) is 0 Å². The molecule has 1 fully saturated rings. The number of rotatable bonds is 12. The van der Waals surface area contributed by atoms with Gasteiger partial charge in [0.15, 0.2) is 0 Å². The lowest BCUT2D eigenvalue weighted by Gasteiger charge is -2.09. The van der Waals surface area contributed by atoms with E-state index in [4.69, 9.17) is 13.6 Å². The summed E-state index contributed by atoms with van der Waals surface area (Å²) in [7, 11) is -3.15. The topological polar surface area (TPSA) is 44.8 Å². The molecule has 0 bridgehead atoms. The third kappa shape index (κ3) is 8.80. The average molecular weight is 292 g/mol. The first-order valence-corrected chi connectivity index (χ1v) is 9.26. The summed E-state index contributed by atoms with van der Waals surface area (Å²) >= 11 is 0. The van der Waals surface area contributed by atoms with Crippen molar-refractivity contribution in [3.8, 4) is 0 Å². The summed E-state index contributed by atoms with van der Waals surface area (Å²) in [5, 5.41) is 0. The standard InChI is InChI=1S/C14H29O4P/c1-2-3-4-5-6-7-8-9-10-11-12-16-19(15)17-13-14-18-19/h2-14H2,1H3. The molecule has 19 heavy (non-hydrogen) atoms. The predicted molar refractivity (Wildman–Crippen MR) is 77.3 cm³/mol. The summed E-state index contributed by atoms with van der Waals surface area (Å²) in [6.07, 6.45) is 12.8. The highest BCUT2D eigenvalue weighted by Crippen LogP contribution is 2.52. The molecule has 1 saturated heterocycles. The van der Waals surface area contributed by atoms with E-state index in [1.807, 2.05) is 0 Å². The van der Waals surface area contributed by atoms with E-state index in [9.17, 15) is 4.57 Å². The molecule has 1 heterocycles. The minimum atomic E-state index is -3.15. The van der Waals surface area contributed by atoms with Crippen LogP contribution in [-0.4, -0.2) is 19.8 Å². The predicted octanol–water partition coefficient (Wildman–Crippen LogP) is 5.08. The Kier molecular flexibility index (Phi) is 9.80. The van der Waals surface area contributed by atoms with Gasteiger partial charge in [0.25, 0.3) is 0 Å². The van der Waals surface area contributed by atoms with Gasteiger partial charge in [-0.05, 0) is 6.42 Å². The van der Waals surface area contributed by atoms with Crippen molar-refractivity contribution in [2.45, 2.75) is 71.1 Å². The minimum absolute atomic E-state index is 0.384. The Morgan fingerprint density at radius 2 is 1.32 bits per heavy atom. The van der Waals surface area contributed by atoms with Gasteiger partial charge in [0.2, 0.25) is 0 Å². The van der Waals surface area contributed by atoms with E-state index in [2.05, 4.69) is 6.92 Å². The highest BCUT2D eigenvalue weighted by Gasteiger charge is 2.31. The summed E-state index contributed by atoms with van der Waals surface area (Å²) in [4.78, 5) is 0. The zero-order valence-corrected chi connectivity index (χ0v) is 13.2. The lowest BCUT2D eigenvalue weighted by Crippen LogP contribution is -1.93. The second-order valence-electron chi connectivity index (χ2n) is 5.13. The lowest BCUT2D eigenvalue weighted by atomic mass is 10.1. The fraction of sp³-hybridized carbons (Fsp3) is 1.00. The quantitative estimate of drug-likeness (QED) is 0.372. The first-order chi connectivity index (χ1) is 9.27. The van der Waals surface area contributed by atoms with Crippen LogP contribution in [-0.2, 0) is 18.1 Å². The minimum Gasteiger partial charge on any atom is -0.287 e. The fourth-order valence-electron chi connectivity index (χ4n) is 2.18. The first kappa shape index (κ1) is 17.2. The van der Waals surface area contributed by atoms with Crippen molar-refractivity contribution >= 4 is 7.82 Å². The highest BCUT2D eigenvalue weighted by atomic mass is 31.2. The number of phosphoric ester groups is 1. The SMILES string of the molecule is CCCCCCCCCCCCOP1(=O)OCCO1. The normalized spacial score (nSPS) is 17.9. The van der Waals surface area contributed by atoms with E-state index in [0.717, 1.165) is 12.8 Å². The third-order valence-corrected chi connectivity index (χ3v) is 4.83. The largest absolute Gasteiger partial charge is 0.474 e. The fourth-order valence-corrected chi connectivity index (χ4v) is 3.35. The van der Waals surface area contributed by atoms with Gasteiger partial charge in [-0.15, -0.1) is 0 Å². The van der Waals surface area contributed by atoms with Crippen molar-refractivity contribution in [1.29, 1.82) is 0 Å². The summed E-state index contributed by atoms with van der Waals surface area (Å²) in [5.74, 6) is 0. The van der Waals surface area contributed by atoms with Gasteiger partial charge in [-0.2, -0.15) is 0 Å². The highest BCUT2D eigenvalue weighted by molar-refractivity contribution is 7.48. The molecular formula is C14H29O4P. The molecule has 0 spiro atoms. The van der Waals surface area contributed by atoms with Crippen molar-refractivity contribution in [3.05, 3.63) is 0 Å². The molecule has 1 aliphatic rings. The van der Waals surface area contributed by atoms with Crippen LogP contribution < -0.4 is 0 Å². The average Bonchev–Trinajstić information content (AvgIpc) is 2.83. The molecule has 0 N–H and O–H groups in total. The van der Waals surface area contributed by atoms with Crippen LogP contribution in [0.3, 0.4) is 0 Å². The molecule has 114 valence electrons. The van der Waals surface area contributed by atoms with E-state index in [1.165, 1.54) is 51.4 Å². The van der Waals surface area contributed by atoms with Crippen molar-refractivity contribution in [1.82, 2.24) is 0 Å². The van der Waals surface area contributed by atoms with Gasteiger partial charge < -0.3 is 0 Å². The van der Waals surface area contributed by atoms with Crippen LogP contribution in [0.1, 0.15) is 71.1 Å². The van der Waals surface area contributed by atoms with Crippen LogP contribution in [0.2, 0.25) is 0 Å². The molecule has 0 radical (unpaired) electrons. The zero-order valence-electron chi connectivity index (χ0n) is 12.3. The molecule has 0 aromatic heterocycles. The maximum Gasteiger partial charge on any atom is 0.474 e. The Bertz CT molecular complexity index is 248. The zero-order chi connectivity index (χ0) is 13.8. The number of hydrogen-bond acceptors (Lipinski definition) is 4. The van der Waals surface area contributed by atoms with Gasteiger partial charge in [-0.1, -0.05) is 64.7 Å². The third-order valence-electron chi connectivity index (χ3n) is 3.33. The number of hydrogen-bond donors (Lipinski definition) is 0. The molecule has 0 saturated carbocycles. The Balaban J connectivity index is 1.77. The maximum absolute atomic E-state index is 11.6. The molecule has 0 aliphatic carbocycles. The van der Waals surface area contributed by atoms with Crippen molar-refractivity contribution < 1.29 is 18.1 Å².